The van der Waals surface area contributed by atoms with Crippen molar-refractivity contribution in [1.29, 1.82) is 0 Å². The summed E-state index contributed by atoms with van der Waals surface area (Å²) in [5.74, 6) is 0.970. The van der Waals surface area contributed by atoms with Gasteiger partial charge in [0.25, 0.3) is 0 Å². The molecule has 0 radical (unpaired) electrons. The van der Waals surface area contributed by atoms with Crippen molar-refractivity contribution < 1.29 is 19.1 Å². The highest BCUT2D eigenvalue weighted by atomic mass is 35.5. The van der Waals surface area contributed by atoms with E-state index >= 15 is 0 Å². The summed E-state index contributed by atoms with van der Waals surface area (Å²) < 4.78 is 9.78. The summed E-state index contributed by atoms with van der Waals surface area (Å²) in [6, 6.07) is 6.90. The number of hydrogen-bond donors (Lipinski definition) is 2. The fourth-order valence-corrected chi connectivity index (χ4v) is 3.79. The van der Waals surface area contributed by atoms with E-state index in [9.17, 15) is 9.59 Å². The van der Waals surface area contributed by atoms with E-state index in [1.54, 1.807) is 24.3 Å². The lowest BCUT2D eigenvalue weighted by Gasteiger charge is -2.27. The van der Waals surface area contributed by atoms with Gasteiger partial charge < -0.3 is 20.5 Å². The number of fused-ring (bicyclic) bond motifs is 2. The van der Waals surface area contributed by atoms with Crippen LogP contribution in [0.5, 0.6) is 5.75 Å². The smallest absolute Gasteiger partial charge is 0.343 e. The molecule has 24 heavy (non-hydrogen) atoms. The fourth-order valence-electron chi connectivity index (χ4n) is 3.79. The molecule has 0 aliphatic heterocycles. The highest BCUT2D eigenvalue weighted by Gasteiger charge is 2.49. The van der Waals surface area contributed by atoms with Gasteiger partial charge in [0, 0.05) is 11.7 Å². The molecule has 4 unspecified atom stereocenters. The number of nitrogens with one attached hydrogen (secondary N) is 1. The van der Waals surface area contributed by atoms with Crippen molar-refractivity contribution in [3.05, 3.63) is 24.3 Å². The Hall–Kier alpha value is -1.79. The minimum Gasteiger partial charge on any atom is -0.482 e. The van der Waals surface area contributed by atoms with Gasteiger partial charge in [-0.15, -0.1) is 12.4 Å². The number of ether oxygens (including phenoxy) is 2. The molecule has 7 heteroatoms. The van der Waals surface area contributed by atoms with E-state index in [4.69, 9.17) is 10.5 Å². The number of anilines is 1. The molecule has 1 aromatic carbocycles. The molecule has 3 N–H and O–H groups in total. The third-order valence-electron chi connectivity index (χ3n) is 4.99. The third-order valence-corrected chi connectivity index (χ3v) is 4.99. The zero-order chi connectivity index (χ0) is 16.4. The summed E-state index contributed by atoms with van der Waals surface area (Å²) in [5.41, 5.74) is 6.90. The van der Waals surface area contributed by atoms with E-state index in [0.717, 1.165) is 19.3 Å². The number of esters is 1. The number of rotatable bonds is 5. The van der Waals surface area contributed by atoms with Crippen molar-refractivity contribution in [2.24, 2.45) is 23.5 Å². The van der Waals surface area contributed by atoms with Crippen LogP contribution < -0.4 is 15.8 Å². The van der Waals surface area contributed by atoms with Crippen molar-refractivity contribution in [3.63, 3.8) is 0 Å². The lowest BCUT2D eigenvalue weighted by Crippen LogP contribution is -2.42. The first kappa shape index (κ1) is 18.5. The molecule has 0 saturated heterocycles. The molecule has 2 fully saturated rings. The summed E-state index contributed by atoms with van der Waals surface area (Å²) in [6.45, 7) is -0.137. The van der Waals surface area contributed by atoms with Crippen LogP contribution in [0.1, 0.15) is 19.3 Å². The van der Waals surface area contributed by atoms with Gasteiger partial charge in [-0.25, -0.2) is 4.79 Å². The Morgan fingerprint density at radius 3 is 2.46 bits per heavy atom. The Morgan fingerprint density at radius 2 is 1.88 bits per heavy atom. The highest BCUT2D eigenvalue weighted by molar-refractivity contribution is 5.93. The molecule has 6 nitrogen and oxygen atoms in total. The minimum atomic E-state index is -0.437. The predicted molar refractivity (Wildman–Crippen MR) is 92.1 cm³/mol. The van der Waals surface area contributed by atoms with Gasteiger partial charge in [0.2, 0.25) is 5.91 Å². The molecular weight excluding hydrogens is 332 g/mol. The maximum Gasteiger partial charge on any atom is 0.343 e. The molecule has 2 bridgehead atoms. The van der Waals surface area contributed by atoms with Crippen molar-refractivity contribution in [2.75, 3.05) is 19.0 Å². The van der Waals surface area contributed by atoms with Crippen LogP contribution in [0.4, 0.5) is 5.69 Å². The molecule has 1 amide bonds. The van der Waals surface area contributed by atoms with Crippen molar-refractivity contribution in [2.45, 2.75) is 25.3 Å². The van der Waals surface area contributed by atoms with E-state index in [1.807, 2.05) is 0 Å². The van der Waals surface area contributed by atoms with Crippen LogP contribution in [-0.4, -0.2) is 31.6 Å². The molecule has 3 rings (SSSR count). The number of methoxy groups -OCH3 is 1. The van der Waals surface area contributed by atoms with E-state index < -0.39 is 5.97 Å². The van der Waals surface area contributed by atoms with Crippen LogP contribution in [0.2, 0.25) is 0 Å². The van der Waals surface area contributed by atoms with E-state index in [-0.39, 0.29) is 36.9 Å². The Bertz CT molecular complexity index is 591. The number of hydrogen-bond acceptors (Lipinski definition) is 5. The molecular formula is C17H23ClN2O4. The molecule has 0 heterocycles. The quantitative estimate of drug-likeness (QED) is 0.789. The van der Waals surface area contributed by atoms with Crippen molar-refractivity contribution in [3.8, 4) is 5.75 Å². The number of halogens is 1. The van der Waals surface area contributed by atoms with Crippen molar-refractivity contribution in [1.82, 2.24) is 0 Å². The summed E-state index contributed by atoms with van der Waals surface area (Å²) in [6.07, 6.45) is 3.35. The Balaban J connectivity index is 0.00000208. The number of amides is 1. The second-order valence-electron chi connectivity index (χ2n) is 6.31. The lowest BCUT2D eigenvalue weighted by atomic mass is 9.84. The summed E-state index contributed by atoms with van der Waals surface area (Å²) >= 11 is 0. The lowest BCUT2D eigenvalue weighted by molar-refractivity contribution is -0.142. The zero-order valence-corrected chi connectivity index (χ0v) is 14.4. The first-order chi connectivity index (χ1) is 11.1. The van der Waals surface area contributed by atoms with Crippen LogP contribution in [0, 0.1) is 17.8 Å². The first-order valence-electron chi connectivity index (χ1n) is 7.94. The largest absolute Gasteiger partial charge is 0.482 e. The molecule has 2 aliphatic carbocycles. The normalized spacial score (nSPS) is 27.2. The average Bonchev–Trinajstić information content (AvgIpc) is 3.14. The maximum atomic E-state index is 12.5. The van der Waals surface area contributed by atoms with Crippen LogP contribution in [0.15, 0.2) is 24.3 Å². The Labute approximate surface area is 147 Å². The predicted octanol–water partition coefficient (Wildman–Crippen LogP) is 1.97. The Kier molecular flexibility index (Phi) is 6.07. The molecule has 4 atom stereocenters. The fraction of sp³-hybridized carbons (Fsp3) is 0.529. The van der Waals surface area contributed by atoms with Gasteiger partial charge in [-0.2, -0.15) is 0 Å². The van der Waals surface area contributed by atoms with Crippen LogP contribution in [0.3, 0.4) is 0 Å². The maximum absolute atomic E-state index is 12.5. The monoisotopic (exact) mass is 354 g/mol. The number of benzene rings is 1. The SMILES string of the molecule is COC(=O)COc1ccc(NC(=O)C2C3CCC(C3)C2N)cc1.Cl. The highest BCUT2D eigenvalue weighted by Crippen LogP contribution is 2.47. The third kappa shape index (κ3) is 3.82. The first-order valence-corrected chi connectivity index (χ1v) is 7.94. The molecule has 1 aromatic rings. The van der Waals surface area contributed by atoms with E-state index in [2.05, 4.69) is 10.1 Å². The standard InChI is InChI=1S/C17H22N2O4.ClH/c1-22-14(20)9-23-13-6-4-12(5-7-13)19-17(21)15-10-2-3-11(8-10)16(15)18;/h4-7,10-11,15-16H,2-3,8-9,18H2,1H3,(H,19,21);1H. The number of carbonyl (C=O) groups is 2. The number of carbonyl (C=O) groups excluding carboxylic acids is 2. The molecule has 0 aromatic heterocycles. The summed E-state index contributed by atoms with van der Waals surface area (Å²) in [5, 5.41) is 2.94. The summed E-state index contributed by atoms with van der Waals surface area (Å²) in [7, 11) is 1.31. The van der Waals surface area contributed by atoms with E-state index in [1.165, 1.54) is 7.11 Å². The van der Waals surface area contributed by atoms with Gasteiger partial charge in [-0.05, 0) is 55.4 Å². The molecule has 132 valence electrons. The second-order valence-corrected chi connectivity index (χ2v) is 6.31. The second kappa shape index (κ2) is 7.85. The number of nitrogens with two attached hydrogens (primary N) is 1. The zero-order valence-electron chi connectivity index (χ0n) is 13.6. The topological polar surface area (TPSA) is 90.6 Å². The van der Waals surface area contributed by atoms with E-state index in [0.29, 0.717) is 23.3 Å². The Morgan fingerprint density at radius 1 is 1.21 bits per heavy atom. The van der Waals surface area contributed by atoms with Gasteiger partial charge in [0.05, 0.1) is 13.0 Å². The average molecular weight is 355 g/mol. The van der Waals surface area contributed by atoms with Crippen molar-refractivity contribution >= 4 is 30.0 Å². The minimum absolute atomic E-state index is 0. The molecule has 0 spiro atoms. The van der Waals surface area contributed by atoms with Gasteiger partial charge in [-0.3, -0.25) is 4.79 Å². The van der Waals surface area contributed by atoms with Crippen LogP contribution in [-0.2, 0) is 14.3 Å². The van der Waals surface area contributed by atoms with Gasteiger partial charge in [-0.1, -0.05) is 0 Å². The molecule has 2 saturated carbocycles. The summed E-state index contributed by atoms with van der Waals surface area (Å²) in [4.78, 5) is 23.5. The molecule has 2 aliphatic rings. The van der Waals surface area contributed by atoms with Gasteiger partial charge >= 0.3 is 5.97 Å². The van der Waals surface area contributed by atoms with Gasteiger partial charge in [0.1, 0.15) is 5.75 Å². The van der Waals surface area contributed by atoms with Crippen LogP contribution in [0.25, 0.3) is 0 Å². The van der Waals surface area contributed by atoms with Crippen LogP contribution >= 0.6 is 12.4 Å². The van der Waals surface area contributed by atoms with Gasteiger partial charge in [0.15, 0.2) is 6.61 Å².